The normalized spacial score (nSPS) is 13.1. The molecule has 3 aromatic rings. The van der Waals surface area contributed by atoms with Crippen LogP contribution >= 0.6 is 0 Å². The molecule has 0 aromatic carbocycles. The van der Waals surface area contributed by atoms with Crippen LogP contribution in [0.2, 0.25) is 0 Å². The maximum atomic E-state index is 12.9. The Kier molecular flexibility index (Phi) is 11.4. The van der Waals surface area contributed by atoms with E-state index in [1.807, 2.05) is 29.4 Å². The zero-order valence-corrected chi connectivity index (χ0v) is 21.2. The number of carboxylic acid groups (broad SMARTS) is 2. The van der Waals surface area contributed by atoms with Gasteiger partial charge in [0.05, 0.1) is 18.8 Å². The molecule has 1 aliphatic heterocycles. The second-order valence-corrected chi connectivity index (χ2v) is 8.13. The quantitative estimate of drug-likeness (QED) is 0.377. The van der Waals surface area contributed by atoms with Crippen LogP contribution in [0.25, 0.3) is 11.3 Å². The number of carbonyl (C=O) groups is 3. The minimum Gasteiger partial charge on any atom is -0.475 e. The molecule has 0 saturated carbocycles. The highest BCUT2D eigenvalue weighted by Gasteiger charge is 2.38. The number of nitrogens with one attached hydrogen (secondary N) is 1. The summed E-state index contributed by atoms with van der Waals surface area (Å²) in [4.78, 5) is 36.7. The smallest absolute Gasteiger partial charge is 0.475 e. The van der Waals surface area contributed by atoms with Crippen LogP contribution < -0.4 is 0 Å². The van der Waals surface area contributed by atoms with Crippen molar-refractivity contribution in [2.24, 2.45) is 0 Å². The van der Waals surface area contributed by atoms with E-state index in [0.29, 0.717) is 31.9 Å². The molecule has 41 heavy (non-hydrogen) atoms. The summed E-state index contributed by atoms with van der Waals surface area (Å²) in [5.74, 6) is -5.55. The predicted octanol–water partition coefficient (Wildman–Crippen LogP) is 2.82. The topological polar surface area (TPSA) is 164 Å². The summed E-state index contributed by atoms with van der Waals surface area (Å²) in [5.41, 5.74) is 4.66. The molecule has 3 aromatic heterocycles. The van der Waals surface area contributed by atoms with Gasteiger partial charge in [0.15, 0.2) is 0 Å². The molecule has 0 atom stereocenters. The first-order valence-electron chi connectivity index (χ1n) is 11.5. The summed E-state index contributed by atoms with van der Waals surface area (Å²) >= 11 is 0. The molecule has 0 aliphatic carbocycles. The van der Waals surface area contributed by atoms with E-state index in [0.717, 1.165) is 29.8 Å². The van der Waals surface area contributed by atoms with Crippen LogP contribution in [0.4, 0.5) is 26.3 Å². The van der Waals surface area contributed by atoms with Crippen LogP contribution in [-0.2, 0) is 33.7 Å². The first-order chi connectivity index (χ1) is 19.1. The number of rotatable bonds is 5. The van der Waals surface area contributed by atoms with Crippen LogP contribution in [0.1, 0.15) is 21.7 Å². The second kappa shape index (κ2) is 14.2. The highest BCUT2D eigenvalue weighted by atomic mass is 19.4. The van der Waals surface area contributed by atoms with E-state index in [1.54, 1.807) is 24.1 Å². The molecule has 0 radical (unpaired) electrons. The highest BCUT2D eigenvalue weighted by molar-refractivity contribution is 5.92. The van der Waals surface area contributed by atoms with Crippen LogP contribution in [0.15, 0.2) is 36.8 Å². The van der Waals surface area contributed by atoms with Gasteiger partial charge < -0.3 is 19.8 Å². The number of hydrogen-bond acceptors (Lipinski definition) is 7. The number of amides is 1. The van der Waals surface area contributed by atoms with Crippen molar-refractivity contribution in [2.75, 3.05) is 26.8 Å². The number of H-pyrrole nitrogens is 1. The molecule has 12 nitrogen and oxygen atoms in total. The third kappa shape index (κ3) is 9.89. The van der Waals surface area contributed by atoms with Gasteiger partial charge in [-0.3, -0.25) is 19.6 Å². The minimum atomic E-state index is -5.08. The van der Waals surface area contributed by atoms with E-state index in [2.05, 4.69) is 20.3 Å². The Labute approximate surface area is 227 Å². The second-order valence-electron chi connectivity index (χ2n) is 8.13. The van der Waals surface area contributed by atoms with Crippen LogP contribution in [0, 0.1) is 0 Å². The summed E-state index contributed by atoms with van der Waals surface area (Å²) in [6.45, 7) is 2.49. The Morgan fingerprint density at radius 1 is 1.02 bits per heavy atom. The lowest BCUT2D eigenvalue weighted by atomic mass is 10.0. The molecule has 0 spiro atoms. The Hall–Kier alpha value is -4.48. The molecule has 0 fully saturated rings. The van der Waals surface area contributed by atoms with Crippen molar-refractivity contribution in [3.05, 3.63) is 53.7 Å². The van der Waals surface area contributed by atoms with Gasteiger partial charge in [0.2, 0.25) is 0 Å². The number of nitrogens with zero attached hydrogens (tertiary/aromatic N) is 5. The molecule has 1 aliphatic rings. The van der Waals surface area contributed by atoms with E-state index < -0.39 is 24.3 Å². The number of aromatic nitrogens is 5. The summed E-state index contributed by atoms with van der Waals surface area (Å²) in [6, 6.07) is 5.68. The number of carboxylic acids is 2. The Morgan fingerprint density at radius 2 is 1.63 bits per heavy atom. The SMILES string of the molecule is COCCn1ccc(C(=O)N2CCc3[nH]nc(-c4cccnc4)c3CC2)n1.O=C(O)C(F)(F)F.O=C(O)C(F)(F)F. The highest BCUT2D eigenvalue weighted by Crippen LogP contribution is 2.26. The first-order valence-corrected chi connectivity index (χ1v) is 11.5. The van der Waals surface area contributed by atoms with E-state index in [9.17, 15) is 31.1 Å². The van der Waals surface area contributed by atoms with Crippen LogP contribution in [-0.4, -0.2) is 97.1 Å². The van der Waals surface area contributed by atoms with Crippen molar-refractivity contribution in [3.63, 3.8) is 0 Å². The molecular weight excluding hydrogens is 570 g/mol. The molecule has 0 saturated heterocycles. The number of methoxy groups -OCH3 is 1. The Morgan fingerprint density at radius 3 is 2.17 bits per heavy atom. The monoisotopic (exact) mass is 594 g/mol. The molecular formula is C23H24F6N6O6. The van der Waals surface area contributed by atoms with E-state index in [-0.39, 0.29) is 5.91 Å². The van der Waals surface area contributed by atoms with Gasteiger partial charge >= 0.3 is 24.3 Å². The minimum absolute atomic E-state index is 0.0350. The average molecular weight is 594 g/mol. The third-order valence-electron chi connectivity index (χ3n) is 5.31. The van der Waals surface area contributed by atoms with Gasteiger partial charge in [0.1, 0.15) is 5.69 Å². The summed E-state index contributed by atoms with van der Waals surface area (Å²) in [6.07, 6.45) is -3.28. The maximum absolute atomic E-state index is 12.9. The number of alkyl halides is 6. The molecule has 1 amide bonds. The molecule has 0 bridgehead atoms. The van der Waals surface area contributed by atoms with Gasteiger partial charge in [-0.1, -0.05) is 0 Å². The van der Waals surface area contributed by atoms with Crippen molar-refractivity contribution in [3.8, 4) is 11.3 Å². The average Bonchev–Trinajstić information content (AvgIpc) is 3.49. The zero-order valence-electron chi connectivity index (χ0n) is 21.2. The van der Waals surface area contributed by atoms with Crippen molar-refractivity contribution in [1.82, 2.24) is 29.9 Å². The van der Waals surface area contributed by atoms with Gasteiger partial charge in [-0.25, -0.2) is 9.59 Å². The number of aliphatic carboxylic acids is 2. The summed E-state index contributed by atoms with van der Waals surface area (Å²) < 4.78 is 70.3. The van der Waals surface area contributed by atoms with Crippen LogP contribution in [0.3, 0.4) is 0 Å². The molecule has 3 N–H and O–H groups in total. The van der Waals surface area contributed by atoms with Crippen molar-refractivity contribution >= 4 is 17.8 Å². The number of halogens is 6. The fraction of sp³-hybridized carbons (Fsp3) is 0.391. The molecule has 18 heteroatoms. The van der Waals surface area contributed by atoms with Crippen molar-refractivity contribution < 1.29 is 55.7 Å². The summed E-state index contributed by atoms with van der Waals surface area (Å²) in [7, 11) is 1.65. The lowest BCUT2D eigenvalue weighted by Gasteiger charge is -2.19. The van der Waals surface area contributed by atoms with Crippen molar-refractivity contribution in [1.29, 1.82) is 0 Å². The van der Waals surface area contributed by atoms with Crippen LogP contribution in [0.5, 0.6) is 0 Å². The zero-order chi connectivity index (χ0) is 30.8. The Balaban J connectivity index is 0.000000349. The van der Waals surface area contributed by atoms with E-state index in [1.165, 1.54) is 5.56 Å². The van der Waals surface area contributed by atoms with Gasteiger partial charge in [0.25, 0.3) is 5.91 Å². The number of pyridine rings is 1. The molecule has 0 unspecified atom stereocenters. The van der Waals surface area contributed by atoms with Gasteiger partial charge in [-0.15, -0.1) is 0 Å². The lowest BCUT2D eigenvalue weighted by Crippen LogP contribution is -2.33. The predicted molar refractivity (Wildman–Crippen MR) is 127 cm³/mol. The number of aromatic amines is 1. The molecule has 4 rings (SSSR count). The fourth-order valence-electron chi connectivity index (χ4n) is 3.37. The maximum Gasteiger partial charge on any atom is 0.490 e. The van der Waals surface area contributed by atoms with E-state index in [4.69, 9.17) is 24.5 Å². The number of hydrogen-bond donors (Lipinski definition) is 3. The molecule has 224 valence electrons. The van der Waals surface area contributed by atoms with Crippen molar-refractivity contribution in [2.45, 2.75) is 31.7 Å². The van der Waals surface area contributed by atoms with E-state index >= 15 is 0 Å². The summed E-state index contributed by atoms with van der Waals surface area (Å²) in [5, 5.41) is 26.2. The lowest BCUT2D eigenvalue weighted by molar-refractivity contribution is -0.193. The fourth-order valence-corrected chi connectivity index (χ4v) is 3.37. The van der Waals surface area contributed by atoms with Gasteiger partial charge in [-0.05, 0) is 24.6 Å². The standard InChI is InChI=1S/C19H22N6O2.2C2HF3O2/c1-27-12-11-25-10-6-17(23-25)19(26)24-8-4-15-16(5-9-24)21-22-18(15)14-3-2-7-20-13-14;2*3-2(4,5)1(6)7/h2-3,6-7,10,13H,4-5,8-9,11-12H2,1H3,(H,21,22);2*(H,6,7). The van der Waals surface area contributed by atoms with Gasteiger partial charge in [0, 0.05) is 62.0 Å². The number of fused-ring (bicyclic) bond motifs is 1. The van der Waals surface area contributed by atoms with Gasteiger partial charge in [-0.2, -0.15) is 36.5 Å². The largest absolute Gasteiger partial charge is 0.490 e. The Bertz CT molecular complexity index is 1280. The molecule has 4 heterocycles. The number of ether oxygens (including phenoxy) is 1. The third-order valence-corrected chi connectivity index (χ3v) is 5.31. The first kappa shape index (κ1) is 32.7. The number of carbonyl (C=O) groups excluding carboxylic acids is 1.